The molecule has 3 aromatic carbocycles. The number of hydrogen-bond donors (Lipinski definition) is 3. The summed E-state index contributed by atoms with van der Waals surface area (Å²) in [6.07, 6.45) is 3.83. The largest absolute Gasteiger partial charge is 0.350 e. The van der Waals surface area contributed by atoms with Crippen molar-refractivity contribution in [1.82, 2.24) is 15.3 Å². The molecule has 1 saturated heterocycles. The highest BCUT2D eigenvalue weighted by Gasteiger charge is 2.20. The van der Waals surface area contributed by atoms with E-state index in [9.17, 15) is 8.42 Å². The van der Waals surface area contributed by atoms with Crippen molar-refractivity contribution in [3.8, 4) is 11.1 Å². The molecule has 0 bridgehead atoms. The summed E-state index contributed by atoms with van der Waals surface area (Å²) in [7, 11) is -3.84. The van der Waals surface area contributed by atoms with Crippen LogP contribution in [0.2, 0.25) is 5.02 Å². The molecule has 2 heterocycles. The van der Waals surface area contributed by atoms with E-state index in [4.69, 9.17) is 11.6 Å². The highest BCUT2D eigenvalue weighted by molar-refractivity contribution is 7.91. The molecule has 4 aromatic rings. The van der Waals surface area contributed by atoms with Crippen molar-refractivity contribution in [2.45, 2.75) is 24.6 Å². The van der Waals surface area contributed by atoms with Crippen molar-refractivity contribution in [2.24, 2.45) is 0 Å². The molecule has 1 fully saturated rings. The first kappa shape index (κ1) is 24.4. The zero-order valence-electron chi connectivity index (χ0n) is 19.3. The molecule has 1 aliphatic heterocycles. The number of halogens is 2. The van der Waals surface area contributed by atoms with Crippen molar-refractivity contribution in [3.05, 3.63) is 83.3 Å². The van der Waals surface area contributed by atoms with Gasteiger partial charge in [0.25, 0.3) is 0 Å². The molecule has 1 aromatic heterocycles. The van der Waals surface area contributed by atoms with Crippen LogP contribution in [0, 0.1) is 5.82 Å². The Labute approximate surface area is 214 Å². The Morgan fingerprint density at radius 3 is 2.72 bits per heavy atom. The van der Waals surface area contributed by atoms with Gasteiger partial charge in [0.15, 0.2) is 5.82 Å². The van der Waals surface area contributed by atoms with Crippen molar-refractivity contribution in [3.63, 3.8) is 0 Å². The number of nitrogens with one attached hydrogen (secondary N) is 3. The summed E-state index contributed by atoms with van der Waals surface area (Å²) >= 11 is 6.36. The van der Waals surface area contributed by atoms with Crippen LogP contribution in [0.25, 0.3) is 22.0 Å². The Bertz CT molecular complexity index is 1500. The van der Waals surface area contributed by atoms with Crippen molar-refractivity contribution in [1.29, 1.82) is 0 Å². The SMILES string of the molecule is O=S(=O)(Cc1ccccc1)Nc1ccc(Cl)c(-c2ccc3nc(NC4CCCNC4)ncc3c2)c1F. The minimum absolute atomic E-state index is 0.106. The number of rotatable bonds is 7. The second kappa shape index (κ2) is 10.4. The minimum Gasteiger partial charge on any atom is -0.350 e. The molecule has 36 heavy (non-hydrogen) atoms. The van der Waals surface area contributed by atoms with E-state index >= 15 is 4.39 Å². The molecule has 0 radical (unpaired) electrons. The summed E-state index contributed by atoms with van der Waals surface area (Å²) in [5.74, 6) is -0.475. The van der Waals surface area contributed by atoms with Gasteiger partial charge < -0.3 is 10.6 Å². The number of hydrogen-bond acceptors (Lipinski definition) is 6. The molecule has 3 N–H and O–H groups in total. The number of piperidine rings is 1. The molecule has 0 saturated carbocycles. The van der Waals surface area contributed by atoms with Crippen molar-refractivity contribution in [2.75, 3.05) is 23.1 Å². The Kier molecular flexibility index (Phi) is 7.04. The Balaban J connectivity index is 1.41. The zero-order chi connectivity index (χ0) is 25.1. The van der Waals surface area contributed by atoms with Gasteiger partial charge in [-0.25, -0.2) is 22.8 Å². The van der Waals surface area contributed by atoms with E-state index in [0.717, 1.165) is 25.9 Å². The maximum atomic E-state index is 15.6. The fourth-order valence-corrected chi connectivity index (χ4v) is 5.76. The van der Waals surface area contributed by atoms with Gasteiger partial charge in [-0.2, -0.15) is 0 Å². The predicted molar refractivity (Wildman–Crippen MR) is 142 cm³/mol. The molecule has 0 amide bonds. The van der Waals surface area contributed by atoms with E-state index in [-0.39, 0.29) is 28.1 Å². The molecule has 186 valence electrons. The number of nitrogens with zero attached hydrogens (tertiary/aromatic N) is 2. The molecule has 5 rings (SSSR count). The molecule has 1 atom stereocenters. The minimum atomic E-state index is -3.84. The van der Waals surface area contributed by atoms with Gasteiger partial charge in [0.05, 0.1) is 22.0 Å². The van der Waals surface area contributed by atoms with Gasteiger partial charge >= 0.3 is 0 Å². The number of fused-ring (bicyclic) bond motifs is 1. The second-order valence-corrected chi connectivity index (χ2v) is 10.9. The standard InChI is InChI=1S/C26H25ClFN5O2S/c27-21-9-11-23(33-36(34,35)16-17-5-2-1-3-6-17)25(28)24(21)18-8-10-22-19(13-18)14-30-26(32-22)31-20-7-4-12-29-15-20/h1-3,5-6,8-11,13-14,20,29,33H,4,7,12,15-16H2,(H,30,31,32). The first-order valence-electron chi connectivity index (χ1n) is 11.6. The van der Waals surface area contributed by atoms with Crippen molar-refractivity contribution >= 4 is 44.2 Å². The monoisotopic (exact) mass is 525 g/mol. The van der Waals surface area contributed by atoms with E-state index < -0.39 is 15.8 Å². The summed E-state index contributed by atoms with van der Waals surface area (Å²) in [5, 5.41) is 7.58. The fourth-order valence-electron chi connectivity index (χ4n) is 4.31. The van der Waals surface area contributed by atoms with E-state index in [1.165, 1.54) is 12.1 Å². The summed E-state index contributed by atoms with van der Waals surface area (Å²) in [6.45, 7) is 1.89. The van der Waals surface area contributed by atoms with Gasteiger partial charge in [-0.15, -0.1) is 0 Å². The first-order valence-corrected chi connectivity index (χ1v) is 13.7. The van der Waals surface area contributed by atoms with Crippen LogP contribution < -0.4 is 15.4 Å². The molecular weight excluding hydrogens is 501 g/mol. The lowest BCUT2D eigenvalue weighted by Crippen LogP contribution is -2.38. The maximum Gasteiger partial charge on any atom is 0.237 e. The van der Waals surface area contributed by atoms with Crippen LogP contribution in [-0.2, 0) is 15.8 Å². The molecule has 0 aliphatic carbocycles. The summed E-state index contributed by atoms with van der Waals surface area (Å²) in [4.78, 5) is 9.00. The average molecular weight is 526 g/mol. The van der Waals surface area contributed by atoms with Gasteiger partial charge in [-0.1, -0.05) is 48.0 Å². The predicted octanol–water partition coefficient (Wildman–Crippen LogP) is 5.20. The van der Waals surface area contributed by atoms with Crippen LogP contribution in [-0.4, -0.2) is 37.5 Å². The molecule has 1 aliphatic rings. The van der Waals surface area contributed by atoms with E-state index in [1.54, 1.807) is 54.7 Å². The summed E-state index contributed by atoms with van der Waals surface area (Å²) < 4.78 is 43.2. The van der Waals surface area contributed by atoms with Crippen LogP contribution in [0.4, 0.5) is 16.0 Å². The van der Waals surface area contributed by atoms with Gasteiger partial charge in [-0.3, -0.25) is 4.72 Å². The smallest absolute Gasteiger partial charge is 0.237 e. The summed E-state index contributed by atoms with van der Waals surface area (Å²) in [6, 6.07) is 17.0. The third-order valence-corrected chi connectivity index (χ3v) is 7.61. The zero-order valence-corrected chi connectivity index (χ0v) is 20.9. The Hall–Kier alpha value is -3.27. The third kappa shape index (κ3) is 5.59. The van der Waals surface area contributed by atoms with Crippen LogP contribution in [0.1, 0.15) is 18.4 Å². The highest BCUT2D eigenvalue weighted by atomic mass is 35.5. The first-order chi connectivity index (χ1) is 17.4. The normalized spacial score (nSPS) is 16.1. The fraction of sp³-hybridized carbons (Fsp3) is 0.231. The lowest BCUT2D eigenvalue weighted by Gasteiger charge is -2.23. The molecule has 1 unspecified atom stereocenters. The van der Waals surface area contributed by atoms with E-state index in [0.29, 0.717) is 28.0 Å². The van der Waals surface area contributed by atoms with Crippen LogP contribution in [0.5, 0.6) is 0 Å². The van der Waals surface area contributed by atoms with Crippen LogP contribution >= 0.6 is 11.6 Å². The van der Waals surface area contributed by atoms with Gasteiger partial charge in [0, 0.05) is 29.7 Å². The highest BCUT2D eigenvalue weighted by Crippen LogP contribution is 2.36. The Morgan fingerprint density at radius 1 is 1.11 bits per heavy atom. The van der Waals surface area contributed by atoms with Gasteiger partial charge in [0.2, 0.25) is 16.0 Å². The quantitative estimate of drug-likeness (QED) is 0.307. The molecule has 10 heteroatoms. The van der Waals surface area contributed by atoms with Crippen LogP contribution in [0.3, 0.4) is 0 Å². The third-order valence-electron chi connectivity index (χ3n) is 6.05. The van der Waals surface area contributed by atoms with Gasteiger partial charge in [0.1, 0.15) is 0 Å². The van der Waals surface area contributed by atoms with E-state index in [2.05, 4.69) is 25.3 Å². The topological polar surface area (TPSA) is 96.0 Å². The number of aromatic nitrogens is 2. The lowest BCUT2D eigenvalue weighted by molar-refractivity contribution is 0.478. The second-order valence-electron chi connectivity index (χ2n) is 8.79. The molecule has 7 nitrogen and oxygen atoms in total. The number of benzene rings is 3. The maximum absolute atomic E-state index is 15.6. The molecule has 0 spiro atoms. The van der Waals surface area contributed by atoms with Crippen molar-refractivity contribution < 1.29 is 12.8 Å². The van der Waals surface area contributed by atoms with Crippen LogP contribution in [0.15, 0.2) is 66.9 Å². The van der Waals surface area contributed by atoms with E-state index in [1.807, 2.05) is 0 Å². The summed E-state index contributed by atoms with van der Waals surface area (Å²) in [5.41, 5.74) is 1.74. The lowest BCUT2D eigenvalue weighted by atomic mass is 10.0. The number of sulfonamides is 1. The molecular formula is C26H25ClFN5O2S. The van der Waals surface area contributed by atoms with Gasteiger partial charge in [-0.05, 0) is 54.8 Å². The average Bonchev–Trinajstić information content (AvgIpc) is 2.87. The number of anilines is 2. The Morgan fingerprint density at radius 2 is 1.94 bits per heavy atom.